The third-order valence-corrected chi connectivity index (χ3v) is 2.82. The highest BCUT2D eigenvalue weighted by atomic mass is 16.7. The summed E-state index contributed by atoms with van der Waals surface area (Å²) >= 11 is 0. The van der Waals surface area contributed by atoms with Crippen LogP contribution in [0.1, 0.15) is 25.7 Å². The molecule has 0 aromatic heterocycles. The Hall–Kier alpha value is -0.770. The Morgan fingerprint density at radius 3 is 3.00 bits per heavy atom. The standard InChI is InChI=1S/C8H13NO3/c10-8(11)12-7-4-5-2-1-3-6(5)9-7/h5-7,9H,1-4H2,(H,10,11)/t5-,6-,7-/m1/s1. The molecule has 12 heavy (non-hydrogen) atoms. The van der Waals surface area contributed by atoms with Gasteiger partial charge >= 0.3 is 6.16 Å². The minimum absolute atomic E-state index is 0.252. The van der Waals surface area contributed by atoms with Crippen molar-refractivity contribution in [3.63, 3.8) is 0 Å². The molecule has 0 bridgehead atoms. The van der Waals surface area contributed by atoms with Crippen LogP contribution in [0.5, 0.6) is 0 Å². The number of carboxylic acid groups (broad SMARTS) is 1. The van der Waals surface area contributed by atoms with Gasteiger partial charge in [-0.25, -0.2) is 4.79 Å². The van der Waals surface area contributed by atoms with Gasteiger partial charge in [-0.3, -0.25) is 5.32 Å². The van der Waals surface area contributed by atoms with Crippen molar-refractivity contribution in [3.05, 3.63) is 0 Å². The summed E-state index contributed by atoms with van der Waals surface area (Å²) in [7, 11) is 0. The van der Waals surface area contributed by atoms with Crippen LogP contribution in [0.2, 0.25) is 0 Å². The highest BCUT2D eigenvalue weighted by Gasteiger charge is 2.38. The lowest BCUT2D eigenvalue weighted by molar-refractivity contribution is 0.0420. The smallest absolute Gasteiger partial charge is 0.450 e. The third kappa shape index (κ3) is 1.39. The fourth-order valence-corrected chi connectivity index (χ4v) is 2.32. The second-order valence-corrected chi connectivity index (χ2v) is 3.57. The first-order valence-corrected chi connectivity index (χ1v) is 4.41. The molecular formula is C8H13NO3. The van der Waals surface area contributed by atoms with Crippen molar-refractivity contribution in [2.75, 3.05) is 0 Å². The summed E-state index contributed by atoms with van der Waals surface area (Å²) in [4.78, 5) is 10.2. The Morgan fingerprint density at radius 1 is 1.50 bits per heavy atom. The van der Waals surface area contributed by atoms with E-state index in [2.05, 4.69) is 10.1 Å². The molecule has 4 nitrogen and oxygen atoms in total. The first-order chi connectivity index (χ1) is 5.75. The average molecular weight is 171 g/mol. The number of carbonyl (C=O) groups is 1. The van der Waals surface area contributed by atoms with Gasteiger partial charge in [0.2, 0.25) is 0 Å². The van der Waals surface area contributed by atoms with Gasteiger partial charge in [-0.05, 0) is 18.8 Å². The van der Waals surface area contributed by atoms with Gasteiger partial charge in [0.1, 0.15) is 0 Å². The van der Waals surface area contributed by atoms with Crippen molar-refractivity contribution in [1.29, 1.82) is 0 Å². The molecule has 0 spiro atoms. The van der Waals surface area contributed by atoms with Gasteiger partial charge < -0.3 is 9.84 Å². The third-order valence-electron chi connectivity index (χ3n) is 2.82. The molecule has 2 N–H and O–H groups in total. The maximum Gasteiger partial charge on any atom is 0.507 e. The Balaban J connectivity index is 1.86. The number of rotatable bonds is 1. The number of ether oxygens (including phenoxy) is 1. The van der Waals surface area contributed by atoms with E-state index in [-0.39, 0.29) is 6.23 Å². The monoisotopic (exact) mass is 171 g/mol. The molecule has 2 fully saturated rings. The lowest BCUT2D eigenvalue weighted by atomic mass is 10.0. The average Bonchev–Trinajstić information content (AvgIpc) is 2.43. The molecule has 68 valence electrons. The summed E-state index contributed by atoms with van der Waals surface area (Å²) in [5.41, 5.74) is 0. The lowest BCUT2D eigenvalue weighted by Gasteiger charge is -2.10. The van der Waals surface area contributed by atoms with Crippen molar-refractivity contribution >= 4 is 6.16 Å². The van der Waals surface area contributed by atoms with E-state index < -0.39 is 6.16 Å². The normalized spacial score (nSPS) is 39.5. The topological polar surface area (TPSA) is 58.6 Å². The Labute approximate surface area is 70.9 Å². The molecule has 0 unspecified atom stereocenters. The van der Waals surface area contributed by atoms with Gasteiger partial charge in [0.15, 0.2) is 6.23 Å². The van der Waals surface area contributed by atoms with E-state index in [4.69, 9.17) is 5.11 Å². The Morgan fingerprint density at radius 2 is 2.33 bits per heavy atom. The molecule has 0 amide bonds. The molecule has 4 heteroatoms. The first-order valence-electron chi connectivity index (χ1n) is 4.41. The van der Waals surface area contributed by atoms with Gasteiger partial charge in [-0.2, -0.15) is 0 Å². The van der Waals surface area contributed by atoms with Crippen LogP contribution < -0.4 is 5.32 Å². The SMILES string of the molecule is O=C(O)O[C@@H]1C[C@H]2CCC[C@H]2N1. The number of nitrogens with one attached hydrogen (secondary N) is 1. The predicted octanol–water partition coefficient (Wildman–Crippen LogP) is 1.17. The van der Waals surface area contributed by atoms with E-state index >= 15 is 0 Å². The molecule has 3 atom stereocenters. The van der Waals surface area contributed by atoms with Crippen molar-refractivity contribution in [2.45, 2.75) is 38.0 Å². The summed E-state index contributed by atoms with van der Waals surface area (Å²) in [5.74, 6) is 0.648. The van der Waals surface area contributed by atoms with Crippen LogP contribution >= 0.6 is 0 Å². The van der Waals surface area contributed by atoms with E-state index in [1.54, 1.807) is 0 Å². The van der Waals surface area contributed by atoms with E-state index in [0.29, 0.717) is 12.0 Å². The van der Waals surface area contributed by atoms with Gasteiger partial charge in [-0.1, -0.05) is 6.42 Å². The fraction of sp³-hybridized carbons (Fsp3) is 0.875. The number of hydrogen-bond donors (Lipinski definition) is 2. The van der Waals surface area contributed by atoms with Crippen molar-refractivity contribution in [1.82, 2.24) is 5.32 Å². The second-order valence-electron chi connectivity index (χ2n) is 3.57. The Kier molecular flexibility index (Phi) is 1.92. The van der Waals surface area contributed by atoms with E-state index in [9.17, 15) is 4.79 Å². The molecule has 0 aromatic carbocycles. The zero-order valence-electron chi connectivity index (χ0n) is 6.82. The highest BCUT2D eigenvalue weighted by molar-refractivity contribution is 5.57. The summed E-state index contributed by atoms with van der Waals surface area (Å²) in [6.07, 6.45) is 3.09. The quantitative estimate of drug-likeness (QED) is 0.581. The summed E-state index contributed by atoms with van der Waals surface area (Å²) in [6.45, 7) is 0. The van der Waals surface area contributed by atoms with Crippen LogP contribution in [-0.2, 0) is 4.74 Å². The van der Waals surface area contributed by atoms with Crippen molar-refractivity contribution in [2.24, 2.45) is 5.92 Å². The van der Waals surface area contributed by atoms with Crippen molar-refractivity contribution in [3.8, 4) is 0 Å². The van der Waals surface area contributed by atoms with Gasteiger partial charge in [0.05, 0.1) is 0 Å². The fourth-order valence-electron chi connectivity index (χ4n) is 2.32. The largest absolute Gasteiger partial charge is 0.507 e. The molecule has 0 radical (unpaired) electrons. The first kappa shape index (κ1) is 7.86. The van der Waals surface area contributed by atoms with Gasteiger partial charge in [0, 0.05) is 12.5 Å². The molecule has 2 rings (SSSR count). The summed E-state index contributed by atoms with van der Waals surface area (Å²) in [5, 5.41) is 11.6. The number of hydrogen-bond acceptors (Lipinski definition) is 3. The maximum absolute atomic E-state index is 10.2. The van der Waals surface area contributed by atoms with Crippen molar-refractivity contribution < 1.29 is 14.6 Å². The minimum Gasteiger partial charge on any atom is -0.450 e. The van der Waals surface area contributed by atoms with Crippen LogP contribution in [0.15, 0.2) is 0 Å². The second kappa shape index (κ2) is 2.94. The molecule has 1 aliphatic heterocycles. The number of fused-ring (bicyclic) bond motifs is 1. The molecule has 2 aliphatic rings. The van der Waals surface area contributed by atoms with Crippen LogP contribution in [0.25, 0.3) is 0 Å². The highest BCUT2D eigenvalue weighted by Crippen LogP contribution is 2.34. The zero-order chi connectivity index (χ0) is 8.55. The maximum atomic E-state index is 10.2. The summed E-state index contributed by atoms with van der Waals surface area (Å²) in [6, 6.07) is 0.509. The van der Waals surface area contributed by atoms with Crippen LogP contribution in [0.4, 0.5) is 4.79 Å². The summed E-state index contributed by atoms with van der Waals surface area (Å²) < 4.78 is 4.65. The van der Waals surface area contributed by atoms with Gasteiger partial charge in [-0.15, -0.1) is 0 Å². The van der Waals surface area contributed by atoms with E-state index in [0.717, 1.165) is 6.42 Å². The van der Waals surface area contributed by atoms with Crippen LogP contribution in [0, 0.1) is 5.92 Å². The van der Waals surface area contributed by atoms with Crippen LogP contribution in [0.3, 0.4) is 0 Å². The van der Waals surface area contributed by atoms with Gasteiger partial charge in [0.25, 0.3) is 0 Å². The molecule has 1 saturated heterocycles. The lowest BCUT2D eigenvalue weighted by Crippen LogP contribution is -2.32. The molecule has 0 aromatic rings. The van der Waals surface area contributed by atoms with E-state index in [1.807, 2.05) is 0 Å². The molecule has 1 saturated carbocycles. The predicted molar refractivity (Wildman–Crippen MR) is 41.8 cm³/mol. The minimum atomic E-state index is -1.17. The Bertz CT molecular complexity index is 183. The van der Waals surface area contributed by atoms with E-state index in [1.165, 1.54) is 19.3 Å². The molecular weight excluding hydrogens is 158 g/mol. The molecule has 1 heterocycles. The zero-order valence-corrected chi connectivity index (χ0v) is 6.82. The molecule has 1 aliphatic carbocycles. The van der Waals surface area contributed by atoms with Crippen LogP contribution in [-0.4, -0.2) is 23.5 Å².